The summed E-state index contributed by atoms with van der Waals surface area (Å²) in [5, 5.41) is 0. The molecule has 1 aliphatic rings. The normalized spacial score (nSPS) is 18.7. The van der Waals surface area contributed by atoms with Gasteiger partial charge in [-0.1, -0.05) is 6.58 Å². The predicted molar refractivity (Wildman–Crippen MR) is 88.0 cm³/mol. The van der Waals surface area contributed by atoms with Gasteiger partial charge in [0.1, 0.15) is 0 Å². The van der Waals surface area contributed by atoms with Gasteiger partial charge >= 0.3 is 17.9 Å². The van der Waals surface area contributed by atoms with Gasteiger partial charge in [0.2, 0.25) is 0 Å². The molecule has 0 aromatic rings. The molecule has 24 heavy (non-hydrogen) atoms. The first-order valence-electron chi connectivity index (χ1n) is 8.60. The zero-order chi connectivity index (χ0) is 18.2. The maximum Gasteiger partial charge on any atom is 0.333 e. The number of carbonyl (C=O) groups is 3. The number of ether oxygens (including phenoxy) is 3. The molecule has 1 atom stereocenters. The van der Waals surface area contributed by atoms with Crippen LogP contribution in [0.3, 0.4) is 0 Å². The van der Waals surface area contributed by atoms with Crippen molar-refractivity contribution in [3.8, 4) is 0 Å². The number of rotatable bonds is 9. The van der Waals surface area contributed by atoms with E-state index in [-0.39, 0.29) is 19.1 Å². The molecule has 1 rings (SSSR count). The van der Waals surface area contributed by atoms with Crippen molar-refractivity contribution < 1.29 is 28.6 Å². The van der Waals surface area contributed by atoms with Gasteiger partial charge in [-0.25, -0.2) is 4.79 Å². The zero-order valence-electron chi connectivity index (χ0n) is 14.9. The molecule has 0 amide bonds. The van der Waals surface area contributed by atoms with Gasteiger partial charge in [-0.2, -0.15) is 0 Å². The summed E-state index contributed by atoms with van der Waals surface area (Å²) in [6.07, 6.45) is 2.69. The van der Waals surface area contributed by atoms with Crippen LogP contribution in [0.5, 0.6) is 0 Å². The molecule has 0 N–H and O–H groups in total. The number of hydrogen-bond donors (Lipinski definition) is 0. The second-order valence-corrected chi connectivity index (χ2v) is 5.99. The summed E-state index contributed by atoms with van der Waals surface area (Å²) in [4.78, 5) is 36.3. The van der Waals surface area contributed by atoms with E-state index in [4.69, 9.17) is 14.2 Å². The molecule has 1 saturated carbocycles. The van der Waals surface area contributed by atoms with Crippen LogP contribution in [-0.4, -0.2) is 37.7 Å². The van der Waals surface area contributed by atoms with Crippen molar-refractivity contribution >= 4 is 17.9 Å². The molecule has 1 fully saturated rings. The Kier molecular flexibility index (Phi) is 7.95. The maximum absolute atomic E-state index is 12.3. The van der Waals surface area contributed by atoms with E-state index in [1.54, 1.807) is 20.8 Å². The first kappa shape index (κ1) is 20.2. The summed E-state index contributed by atoms with van der Waals surface area (Å²) in [7, 11) is 0. The van der Waals surface area contributed by atoms with Crippen molar-refractivity contribution in [2.45, 2.75) is 52.9 Å². The Morgan fingerprint density at radius 3 is 2.04 bits per heavy atom. The van der Waals surface area contributed by atoms with Crippen LogP contribution in [-0.2, 0) is 28.6 Å². The smallest absolute Gasteiger partial charge is 0.333 e. The van der Waals surface area contributed by atoms with Crippen LogP contribution in [0.2, 0.25) is 0 Å². The predicted octanol–water partition coefficient (Wildman–Crippen LogP) is 2.80. The Morgan fingerprint density at radius 2 is 1.54 bits per heavy atom. The minimum absolute atomic E-state index is 0.144. The Bertz CT molecular complexity index is 464. The molecule has 136 valence electrons. The number of esters is 3. The van der Waals surface area contributed by atoms with Crippen LogP contribution in [0.25, 0.3) is 0 Å². The van der Waals surface area contributed by atoms with Crippen LogP contribution in [0.4, 0.5) is 0 Å². The fourth-order valence-electron chi connectivity index (χ4n) is 3.10. The van der Waals surface area contributed by atoms with E-state index in [1.165, 1.54) is 0 Å². The summed E-state index contributed by atoms with van der Waals surface area (Å²) in [5.41, 5.74) is -0.788. The van der Waals surface area contributed by atoms with E-state index >= 15 is 0 Å². The van der Waals surface area contributed by atoms with E-state index < -0.39 is 23.3 Å². The average molecular weight is 340 g/mol. The molecule has 6 heteroatoms. The van der Waals surface area contributed by atoms with E-state index in [0.717, 1.165) is 0 Å². The van der Waals surface area contributed by atoms with Gasteiger partial charge in [0.05, 0.1) is 19.8 Å². The molecule has 0 spiro atoms. The van der Waals surface area contributed by atoms with Crippen molar-refractivity contribution in [3.63, 3.8) is 0 Å². The second-order valence-electron chi connectivity index (χ2n) is 5.99. The lowest BCUT2D eigenvalue weighted by molar-refractivity contribution is -0.171. The second kappa shape index (κ2) is 9.45. The van der Waals surface area contributed by atoms with Crippen molar-refractivity contribution in [1.82, 2.24) is 0 Å². The van der Waals surface area contributed by atoms with Crippen LogP contribution in [0, 0.1) is 11.3 Å². The van der Waals surface area contributed by atoms with Gasteiger partial charge in [-0.3, -0.25) is 9.59 Å². The Labute approximate surface area is 143 Å². The first-order chi connectivity index (χ1) is 11.4. The van der Waals surface area contributed by atoms with Crippen LogP contribution >= 0.6 is 0 Å². The lowest BCUT2D eigenvalue weighted by atomic mass is 9.84. The van der Waals surface area contributed by atoms with E-state index in [2.05, 4.69) is 6.58 Å². The van der Waals surface area contributed by atoms with E-state index in [0.29, 0.717) is 44.3 Å². The molecule has 0 bridgehead atoms. The molecule has 1 unspecified atom stereocenters. The molecular formula is C18H28O6. The summed E-state index contributed by atoms with van der Waals surface area (Å²) in [6, 6.07) is 0. The summed E-state index contributed by atoms with van der Waals surface area (Å²) >= 11 is 0. The molecule has 1 aliphatic carbocycles. The third kappa shape index (κ3) is 4.82. The van der Waals surface area contributed by atoms with Gasteiger partial charge in [0.15, 0.2) is 5.41 Å². The summed E-state index contributed by atoms with van der Waals surface area (Å²) < 4.78 is 15.1. The Balaban J connectivity index is 2.69. The fourth-order valence-corrected chi connectivity index (χ4v) is 3.10. The summed E-state index contributed by atoms with van der Waals surface area (Å²) in [5.74, 6) is -1.26. The Hall–Kier alpha value is -1.85. The highest BCUT2D eigenvalue weighted by molar-refractivity contribution is 6.00. The molecule has 0 saturated heterocycles. The molecule has 0 radical (unpaired) electrons. The molecular weight excluding hydrogens is 312 g/mol. The molecule has 6 nitrogen and oxygen atoms in total. The average Bonchev–Trinajstić information content (AvgIpc) is 2.99. The topological polar surface area (TPSA) is 78.9 Å². The SMILES string of the molecule is C=C(CCC1CCC(C(=O)OCC)(C(=O)OCC)C1)C(=O)OCC. The monoisotopic (exact) mass is 340 g/mol. The Morgan fingerprint density at radius 1 is 1.00 bits per heavy atom. The van der Waals surface area contributed by atoms with E-state index in [9.17, 15) is 14.4 Å². The third-order valence-electron chi connectivity index (χ3n) is 4.37. The van der Waals surface area contributed by atoms with Crippen molar-refractivity contribution in [1.29, 1.82) is 0 Å². The van der Waals surface area contributed by atoms with Gasteiger partial charge < -0.3 is 14.2 Å². The van der Waals surface area contributed by atoms with Crippen molar-refractivity contribution in [2.24, 2.45) is 11.3 Å². The highest BCUT2D eigenvalue weighted by Gasteiger charge is 2.53. The fraction of sp³-hybridized carbons (Fsp3) is 0.722. The zero-order valence-corrected chi connectivity index (χ0v) is 14.9. The highest BCUT2D eigenvalue weighted by Crippen LogP contribution is 2.46. The van der Waals surface area contributed by atoms with Gasteiger partial charge in [0, 0.05) is 5.57 Å². The maximum atomic E-state index is 12.3. The quantitative estimate of drug-likeness (QED) is 0.278. The van der Waals surface area contributed by atoms with Crippen LogP contribution in [0.1, 0.15) is 52.9 Å². The third-order valence-corrected chi connectivity index (χ3v) is 4.37. The van der Waals surface area contributed by atoms with Gasteiger partial charge in [-0.05, 0) is 58.8 Å². The highest BCUT2D eigenvalue weighted by atomic mass is 16.6. The molecule has 0 heterocycles. The van der Waals surface area contributed by atoms with Gasteiger partial charge in [0.25, 0.3) is 0 Å². The molecule has 0 aliphatic heterocycles. The number of hydrogen-bond acceptors (Lipinski definition) is 6. The van der Waals surface area contributed by atoms with Crippen molar-refractivity contribution in [3.05, 3.63) is 12.2 Å². The standard InChI is InChI=1S/C18H28O6/c1-5-22-15(19)13(4)8-9-14-10-11-18(12-14,16(20)23-6-2)17(21)24-7-3/h14H,4-12H2,1-3H3. The molecule has 0 aromatic carbocycles. The van der Waals surface area contributed by atoms with E-state index in [1.807, 2.05) is 0 Å². The van der Waals surface area contributed by atoms with Crippen LogP contribution < -0.4 is 0 Å². The van der Waals surface area contributed by atoms with Crippen LogP contribution in [0.15, 0.2) is 12.2 Å². The molecule has 0 aromatic heterocycles. The largest absolute Gasteiger partial charge is 0.465 e. The minimum Gasteiger partial charge on any atom is -0.465 e. The first-order valence-corrected chi connectivity index (χ1v) is 8.60. The number of carbonyl (C=O) groups excluding carboxylic acids is 3. The van der Waals surface area contributed by atoms with Crippen molar-refractivity contribution in [2.75, 3.05) is 19.8 Å². The minimum atomic E-state index is -1.21. The summed E-state index contributed by atoms with van der Waals surface area (Å²) in [6.45, 7) is 9.69. The lowest BCUT2D eigenvalue weighted by Crippen LogP contribution is -2.40. The van der Waals surface area contributed by atoms with Gasteiger partial charge in [-0.15, -0.1) is 0 Å². The lowest BCUT2D eigenvalue weighted by Gasteiger charge is -2.24.